The third-order valence-electron chi connectivity index (χ3n) is 1.98. The topological polar surface area (TPSA) is 39.2 Å². The van der Waals surface area contributed by atoms with Gasteiger partial charge in [-0.15, -0.1) is 11.3 Å². The van der Waals surface area contributed by atoms with Gasteiger partial charge in [-0.05, 0) is 12.1 Å². The Bertz CT molecular complexity index is 507. The van der Waals surface area contributed by atoms with Crippen molar-refractivity contribution in [3.8, 4) is 10.6 Å². The summed E-state index contributed by atoms with van der Waals surface area (Å²) in [6.45, 7) is 0. The summed E-state index contributed by atoms with van der Waals surface area (Å²) in [7, 11) is 1.36. The number of rotatable bonds is 2. The molecule has 0 bridgehead atoms. The Kier molecular flexibility index (Phi) is 3.36. The molecule has 3 nitrogen and oxygen atoms in total. The van der Waals surface area contributed by atoms with Crippen LogP contribution >= 0.6 is 27.3 Å². The average Bonchev–Trinajstić information content (AvgIpc) is 2.78. The van der Waals surface area contributed by atoms with E-state index in [0.717, 1.165) is 15.0 Å². The van der Waals surface area contributed by atoms with Crippen molar-refractivity contribution >= 4 is 33.2 Å². The second-order valence-electron chi connectivity index (χ2n) is 3.03. The Morgan fingerprint density at radius 3 is 2.69 bits per heavy atom. The molecule has 0 fully saturated rings. The van der Waals surface area contributed by atoms with Crippen LogP contribution in [0.1, 0.15) is 9.67 Å². The van der Waals surface area contributed by atoms with E-state index < -0.39 is 0 Å². The predicted octanol–water partition coefficient (Wildman–Crippen LogP) is 3.36. The van der Waals surface area contributed by atoms with Gasteiger partial charge in [-0.3, -0.25) is 0 Å². The van der Waals surface area contributed by atoms with E-state index in [9.17, 15) is 4.79 Å². The highest BCUT2D eigenvalue weighted by atomic mass is 79.9. The lowest BCUT2D eigenvalue weighted by Gasteiger charge is -1.95. The summed E-state index contributed by atoms with van der Waals surface area (Å²) in [5, 5.41) is 0.813. The Labute approximate surface area is 105 Å². The third-order valence-corrected chi connectivity index (χ3v) is 3.54. The Balaban J connectivity index is 2.31. The van der Waals surface area contributed by atoms with E-state index >= 15 is 0 Å². The van der Waals surface area contributed by atoms with Gasteiger partial charge in [0.25, 0.3) is 0 Å². The van der Waals surface area contributed by atoms with Crippen molar-refractivity contribution in [1.82, 2.24) is 4.98 Å². The maximum atomic E-state index is 11.3. The van der Waals surface area contributed by atoms with Gasteiger partial charge in [0, 0.05) is 10.0 Å². The predicted molar refractivity (Wildman–Crippen MR) is 66.6 cm³/mol. The van der Waals surface area contributed by atoms with E-state index in [2.05, 4.69) is 25.7 Å². The van der Waals surface area contributed by atoms with Crippen LogP contribution in [0.2, 0.25) is 0 Å². The molecule has 1 aromatic carbocycles. The molecule has 0 radical (unpaired) electrons. The third kappa shape index (κ3) is 2.31. The second kappa shape index (κ2) is 4.76. The highest BCUT2D eigenvalue weighted by Crippen LogP contribution is 2.26. The van der Waals surface area contributed by atoms with Crippen molar-refractivity contribution in [2.45, 2.75) is 0 Å². The molecule has 0 aliphatic rings. The summed E-state index contributed by atoms with van der Waals surface area (Å²) in [4.78, 5) is 16.0. The zero-order valence-electron chi connectivity index (χ0n) is 8.44. The maximum absolute atomic E-state index is 11.3. The van der Waals surface area contributed by atoms with Gasteiger partial charge in [0.1, 0.15) is 9.88 Å². The molecule has 1 heterocycles. The number of hydrogen-bond acceptors (Lipinski definition) is 4. The van der Waals surface area contributed by atoms with Crippen LogP contribution in [-0.4, -0.2) is 18.1 Å². The quantitative estimate of drug-likeness (QED) is 0.798. The summed E-state index contributed by atoms with van der Waals surface area (Å²) >= 11 is 4.69. The SMILES string of the molecule is COC(=O)c1cnc(-c2ccc(Br)cc2)s1. The molecule has 0 saturated carbocycles. The molecule has 0 amide bonds. The fourth-order valence-corrected chi connectivity index (χ4v) is 2.30. The molecule has 5 heteroatoms. The summed E-state index contributed by atoms with van der Waals surface area (Å²) in [6.07, 6.45) is 1.54. The molecule has 2 aromatic rings. The van der Waals surface area contributed by atoms with E-state index in [1.807, 2.05) is 24.3 Å². The van der Waals surface area contributed by atoms with Gasteiger partial charge in [0.2, 0.25) is 0 Å². The van der Waals surface area contributed by atoms with E-state index in [4.69, 9.17) is 0 Å². The number of benzene rings is 1. The molecule has 0 spiro atoms. The molecule has 0 unspecified atom stereocenters. The fourth-order valence-electron chi connectivity index (χ4n) is 1.20. The van der Waals surface area contributed by atoms with E-state index in [1.54, 1.807) is 0 Å². The Hall–Kier alpha value is -1.20. The van der Waals surface area contributed by atoms with Crippen molar-refractivity contribution in [2.24, 2.45) is 0 Å². The van der Waals surface area contributed by atoms with E-state index in [0.29, 0.717) is 4.88 Å². The number of halogens is 1. The second-order valence-corrected chi connectivity index (χ2v) is 4.97. The van der Waals surface area contributed by atoms with Crippen LogP contribution in [0.25, 0.3) is 10.6 Å². The molecular formula is C11H8BrNO2S. The molecule has 0 aliphatic carbocycles. The number of hydrogen-bond donors (Lipinski definition) is 0. The lowest BCUT2D eigenvalue weighted by Crippen LogP contribution is -1.96. The number of nitrogens with zero attached hydrogens (tertiary/aromatic N) is 1. The minimum Gasteiger partial charge on any atom is -0.465 e. The van der Waals surface area contributed by atoms with Crippen molar-refractivity contribution in [3.05, 3.63) is 39.8 Å². The minimum absolute atomic E-state index is 0.346. The van der Waals surface area contributed by atoms with Crippen molar-refractivity contribution in [3.63, 3.8) is 0 Å². The smallest absolute Gasteiger partial charge is 0.349 e. The standard InChI is InChI=1S/C11H8BrNO2S/c1-15-11(14)9-6-13-10(16-9)7-2-4-8(12)5-3-7/h2-6H,1H3. The highest BCUT2D eigenvalue weighted by Gasteiger charge is 2.11. The number of ether oxygens (including phenoxy) is 1. The average molecular weight is 298 g/mol. The lowest BCUT2D eigenvalue weighted by molar-refractivity contribution is 0.0606. The van der Waals surface area contributed by atoms with E-state index in [1.165, 1.54) is 24.6 Å². The molecule has 0 aliphatic heterocycles. The Morgan fingerprint density at radius 2 is 2.06 bits per heavy atom. The van der Waals surface area contributed by atoms with Gasteiger partial charge < -0.3 is 4.74 Å². The first-order valence-corrected chi connectivity index (χ1v) is 6.12. The molecular weight excluding hydrogens is 290 g/mol. The van der Waals surface area contributed by atoms with E-state index in [-0.39, 0.29) is 5.97 Å². The zero-order chi connectivity index (χ0) is 11.5. The van der Waals surface area contributed by atoms with Crippen LogP contribution in [0, 0.1) is 0 Å². The first kappa shape index (κ1) is 11.3. The Morgan fingerprint density at radius 1 is 1.38 bits per heavy atom. The van der Waals surface area contributed by atoms with Crippen LogP contribution in [0.5, 0.6) is 0 Å². The van der Waals surface area contributed by atoms with Crippen LogP contribution < -0.4 is 0 Å². The summed E-state index contributed by atoms with van der Waals surface area (Å²) < 4.78 is 5.64. The summed E-state index contributed by atoms with van der Waals surface area (Å²) in [5.74, 6) is -0.346. The molecule has 2 rings (SSSR count). The molecule has 0 atom stereocenters. The summed E-state index contributed by atoms with van der Waals surface area (Å²) in [5.41, 5.74) is 0.989. The molecule has 1 aromatic heterocycles. The molecule has 0 saturated heterocycles. The first-order chi connectivity index (χ1) is 7.70. The van der Waals surface area contributed by atoms with Crippen LogP contribution in [0.4, 0.5) is 0 Å². The van der Waals surface area contributed by atoms with Gasteiger partial charge in [0.05, 0.1) is 13.3 Å². The van der Waals surface area contributed by atoms with Gasteiger partial charge >= 0.3 is 5.97 Å². The summed E-state index contributed by atoms with van der Waals surface area (Å²) in [6, 6.07) is 7.77. The number of carbonyl (C=O) groups excluding carboxylic acids is 1. The van der Waals surface area contributed by atoms with Crippen LogP contribution in [0.3, 0.4) is 0 Å². The molecule has 82 valence electrons. The maximum Gasteiger partial charge on any atom is 0.349 e. The van der Waals surface area contributed by atoms with Crippen molar-refractivity contribution in [1.29, 1.82) is 0 Å². The van der Waals surface area contributed by atoms with Crippen LogP contribution in [0.15, 0.2) is 34.9 Å². The fraction of sp³-hybridized carbons (Fsp3) is 0.0909. The number of methoxy groups -OCH3 is 1. The molecule has 0 N–H and O–H groups in total. The highest BCUT2D eigenvalue weighted by molar-refractivity contribution is 9.10. The number of carbonyl (C=O) groups is 1. The van der Waals surface area contributed by atoms with Crippen molar-refractivity contribution < 1.29 is 9.53 Å². The lowest BCUT2D eigenvalue weighted by atomic mass is 10.2. The normalized spacial score (nSPS) is 10.1. The van der Waals surface area contributed by atoms with Gasteiger partial charge in [0.15, 0.2) is 0 Å². The monoisotopic (exact) mass is 297 g/mol. The largest absolute Gasteiger partial charge is 0.465 e. The zero-order valence-corrected chi connectivity index (χ0v) is 10.8. The van der Waals surface area contributed by atoms with Gasteiger partial charge in [-0.2, -0.15) is 0 Å². The number of thiazole rings is 1. The minimum atomic E-state index is -0.346. The number of aromatic nitrogens is 1. The van der Waals surface area contributed by atoms with Gasteiger partial charge in [-0.1, -0.05) is 28.1 Å². The first-order valence-electron chi connectivity index (χ1n) is 4.51. The van der Waals surface area contributed by atoms with Crippen LogP contribution in [-0.2, 0) is 4.74 Å². The van der Waals surface area contributed by atoms with Crippen molar-refractivity contribution in [2.75, 3.05) is 7.11 Å². The number of esters is 1. The van der Waals surface area contributed by atoms with Gasteiger partial charge in [-0.25, -0.2) is 9.78 Å². The molecule has 16 heavy (non-hydrogen) atoms.